The average molecular weight is 164 g/mol. The predicted octanol–water partition coefficient (Wildman–Crippen LogP) is 2.04. The first-order valence-electron chi connectivity index (χ1n) is 4.23. The second kappa shape index (κ2) is 4.00. The molecule has 0 aliphatic heterocycles. The van der Waals surface area contributed by atoms with Gasteiger partial charge in [-0.2, -0.15) is 0 Å². The Balaban J connectivity index is 2.92. The summed E-state index contributed by atoms with van der Waals surface area (Å²) >= 11 is 0. The zero-order chi connectivity index (χ0) is 8.97. The van der Waals surface area contributed by atoms with Gasteiger partial charge in [0.2, 0.25) is 0 Å². The molecule has 65 valence electrons. The van der Waals surface area contributed by atoms with E-state index < -0.39 is 0 Å². The van der Waals surface area contributed by atoms with Crippen LogP contribution in [0.3, 0.4) is 0 Å². The molecule has 0 amide bonds. The molecule has 0 spiro atoms. The van der Waals surface area contributed by atoms with E-state index in [1.165, 1.54) is 0 Å². The number of hydrogen-bond donors (Lipinski definition) is 1. The number of phenolic OH excluding ortho intramolecular Hbond substituents is 1. The van der Waals surface area contributed by atoms with Crippen molar-refractivity contribution in [1.82, 2.24) is 0 Å². The third-order valence-corrected chi connectivity index (χ3v) is 1.92. The molecular formula is C10H14NO. The Morgan fingerprint density at radius 1 is 1.42 bits per heavy atom. The molecular weight excluding hydrogens is 150 g/mol. The molecule has 0 aromatic heterocycles. The highest BCUT2D eigenvalue weighted by molar-refractivity contribution is 5.56. The summed E-state index contributed by atoms with van der Waals surface area (Å²) in [6.07, 6.45) is 0. The summed E-state index contributed by atoms with van der Waals surface area (Å²) in [6.45, 7) is 5.94. The van der Waals surface area contributed by atoms with Crippen molar-refractivity contribution in [2.24, 2.45) is 0 Å². The largest absolute Gasteiger partial charge is 0.506 e. The van der Waals surface area contributed by atoms with Gasteiger partial charge in [0.15, 0.2) is 0 Å². The fourth-order valence-electron chi connectivity index (χ4n) is 1.23. The van der Waals surface area contributed by atoms with Crippen LogP contribution in [0.4, 0.5) is 5.69 Å². The molecule has 1 N–H and O–H groups in total. The number of anilines is 1. The van der Waals surface area contributed by atoms with Crippen molar-refractivity contribution in [1.29, 1.82) is 0 Å². The summed E-state index contributed by atoms with van der Waals surface area (Å²) in [6, 6.07) is 8.13. The monoisotopic (exact) mass is 164 g/mol. The zero-order valence-corrected chi connectivity index (χ0v) is 7.54. The topological polar surface area (TPSA) is 23.5 Å². The Morgan fingerprint density at radius 3 is 2.58 bits per heavy atom. The van der Waals surface area contributed by atoms with Crippen LogP contribution in [0.5, 0.6) is 5.75 Å². The van der Waals surface area contributed by atoms with E-state index in [9.17, 15) is 5.11 Å². The van der Waals surface area contributed by atoms with E-state index in [0.29, 0.717) is 5.75 Å². The van der Waals surface area contributed by atoms with Crippen LogP contribution >= 0.6 is 0 Å². The molecule has 0 saturated heterocycles. The van der Waals surface area contributed by atoms with Gasteiger partial charge in [-0.3, -0.25) is 0 Å². The fourth-order valence-corrected chi connectivity index (χ4v) is 1.23. The molecule has 2 nitrogen and oxygen atoms in total. The molecule has 2 heteroatoms. The minimum atomic E-state index is 0.331. The first kappa shape index (κ1) is 8.91. The van der Waals surface area contributed by atoms with Gasteiger partial charge < -0.3 is 10.0 Å². The Morgan fingerprint density at radius 2 is 2.08 bits per heavy atom. The minimum Gasteiger partial charge on any atom is -0.506 e. The Labute approximate surface area is 73.4 Å². The van der Waals surface area contributed by atoms with E-state index in [4.69, 9.17) is 0 Å². The maximum atomic E-state index is 9.48. The molecule has 0 heterocycles. The number of aromatic hydroxyl groups is 1. The molecule has 0 saturated carbocycles. The van der Waals surface area contributed by atoms with Crippen molar-refractivity contribution < 1.29 is 5.11 Å². The van der Waals surface area contributed by atoms with Gasteiger partial charge in [0.1, 0.15) is 5.75 Å². The van der Waals surface area contributed by atoms with Crippen LogP contribution in [0.2, 0.25) is 0 Å². The van der Waals surface area contributed by atoms with Gasteiger partial charge >= 0.3 is 0 Å². The highest BCUT2D eigenvalue weighted by atomic mass is 16.3. The van der Waals surface area contributed by atoms with E-state index in [0.717, 1.165) is 18.8 Å². The first-order valence-corrected chi connectivity index (χ1v) is 4.23. The Hall–Kier alpha value is -1.18. The van der Waals surface area contributed by atoms with Crippen molar-refractivity contribution in [3.63, 3.8) is 0 Å². The summed E-state index contributed by atoms with van der Waals surface area (Å²) in [4.78, 5) is 2.09. The van der Waals surface area contributed by atoms with Crippen LogP contribution in [0.15, 0.2) is 18.2 Å². The van der Waals surface area contributed by atoms with E-state index in [2.05, 4.69) is 24.8 Å². The molecule has 1 rings (SSSR count). The van der Waals surface area contributed by atoms with Crippen molar-refractivity contribution >= 4 is 5.69 Å². The molecule has 0 aliphatic carbocycles. The van der Waals surface area contributed by atoms with Gasteiger partial charge in [0, 0.05) is 13.1 Å². The first-order chi connectivity index (χ1) is 5.79. The number of rotatable bonds is 3. The molecule has 1 aromatic rings. The summed E-state index contributed by atoms with van der Waals surface area (Å²) in [5.74, 6) is 0.331. The summed E-state index contributed by atoms with van der Waals surface area (Å²) in [5.41, 5.74) is 0.863. The van der Waals surface area contributed by atoms with Gasteiger partial charge in [0.25, 0.3) is 0 Å². The highest BCUT2D eigenvalue weighted by Crippen LogP contribution is 2.25. The molecule has 0 atom stereocenters. The lowest BCUT2D eigenvalue weighted by atomic mass is 10.2. The summed E-state index contributed by atoms with van der Waals surface area (Å²) < 4.78 is 0. The van der Waals surface area contributed by atoms with Gasteiger partial charge in [-0.25, -0.2) is 0 Å². The van der Waals surface area contributed by atoms with Crippen LogP contribution in [0.25, 0.3) is 0 Å². The van der Waals surface area contributed by atoms with Crippen LogP contribution in [0, 0.1) is 6.07 Å². The van der Waals surface area contributed by atoms with E-state index in [1.807, 2.05) is 6.07 Å². The minimum absolute atomic E-state index is 0.331. The SMILES string of the molecule is CCN(CC)c1c[c]ccc1O. The number of benzene rings is 1. The predicted molar refractivity (Wildman–Crippen MR) is 50.5 cm³/mol. The quantitative estimate of drug-likeness (QED) is 0.739. The molecule has 0 unspecified atom stereocenters. The molecule has 1 aromatic carbocycles. The van der Waals surface area contributed by atoms with Gasteiger partial charge in [-0.15, -0.1) is 0 Å². The van der Waals surface area contributed by atoms with Crippen LogP contribution < -0.4 is 4.90 Å². The maximum absolute atomic E-state index is 9.48. The van der Waals surface area contributed by atoms with Gasteiger partial charge in [-0.05, 0) is 32.0 Å². The summed E-state index contributed by atoms with van der Waals surface area (Å²) in [5, 5.41) is 9.48. The molecule has 1 radical (unpaired) electrons. The normalized spacial score (nSPS) is 9.83. The summed E-state index contributed by atoms with van der Waals surface area (Å²) in [7, 11) is 0. The van der Waals surface area contributed by atoms with E-state index in [-0.39, 0.29) is 0 Å². The van der Waals surface area contributed by atoms with E-state index in [1.54, 1.807) is 12.1 Å². The Kier molecular flexibility index (Phi) is 2.97. The molecule has 0 fully saturated rings. The smallest absolute Gasteiger partial charge is 0.138 e. The van der Waals surface area contributed by atoms with Crippen molar-refractivity contribution in [3.8, 4) is 5.75 Å². The second-order valence-corrected chi connectivity index (χ2v) is 2.59. The number of hydrogen-bond acceptors (Lipinski definition) is 2. The van der Waals surface area contributed by atoms with Crippen LogP contribution in [-0.4, -0.2) is 18.2 Å². The molecule has 12 heavy (non-hydrogen) atoms. The standard InChI is InChI=1S/C10H14NO/c1-3-11(4-2)9-7-5-6-8-10(9)12/h6-8,12H,3-4H2,1-2H3. The number of nitrogens with zero attached hydrogens (tertiary/aromatic N) is 1. The van der Waals surface area contributed by atoms with Crippen molar-refractivity contribution in [2.45, 2.75) is 13.8 Å². The van der Waals surface area contributed by atoms with Gasteiger partial charge in [-0.1, -0.05) is 6.07 Å². The van der Waals surface area contributed by atoms with Crippen molar-refractivity contribution in [2.75, 3.05) is 18.0 Å². The fraction of sp³-hybridized carbons (Fsp3) is 0.400. The van der Waals surface area contributed by atoms with Crippen LogP contribution in [-0.2, 0) is 0 Å². The Bertz CT molecular complexity index is 243. The lowest BCUT2D eigenvalue weighted by Gasteiger charge is -2.21. The van der Waals surface area contributed by atoms with Crippen LogP contribution in [0.1, 0.15) is 13.8 Å². The lowest BCUT2D eigenvalue weighted by molar-refractivity contribution is 0.474. The third-order valence-electron chi connectivity index (χ3n) is 1.92. The highest BCUT2D eigenvalue weighted by Gasteiger charge is 2.04. The van der Waals surface area contributed by atoms with Gasteiger partial charge in [0.05, 0.1) is 5.69 Å². The van der Waals surface area contributed by atoms with E-state index >= 15 is 0 Å². The average Bonchev–Trinajstić information content (AvgIpc) is 2.10. The second-order valence-electron chi connectivity index (χ2n) is 2.59. The molecule has 0 aliphatic rings. The maximum Gasteiger partial charge on any atom is 0.138 e. The van der Waals surface area contributed by atoms with Crippen molar-refractivity contribution in [3.05, 3.63) is 24.3 Å². The lowest BCUT2D eigenvalue weighted by Crippen LogP contribution is -2.21. The number of phenols is 1. The molecule has 0 bridgehead atoms. The zero-order valence-electron chi connectivity index (χ0n) is 7.54. The third kappa shape index (κ3) is 1.70.